The van der Waals surface area contributed by atoms with E-state index in [0.717, 1.165) is 28.0 Å². The third-order valence-electron chi connectivity index (χ3n) is 6.95. The summed E-state index contributed by atoms with van der Waals surface area (Å²) in [7, 11) is 1.55. The molecule has 3 atom stereocenters. The summed E-state index contributed by atoms with van der Waals surface area (Å²) in [5.74, 6) is -2.46. The van der Waals surface area contributed by atoms with Crippen molar-refractivity contribution in [3.05, 3.63) is 97.1 Å². The molecule has 0 unspecified atom stereocenters. The van der Waals surface area contributed by atoms with Crippen LogP contribution in [0.1, 0.15) is 16.4 Å². The second-order valence-electron chi connectivity index (χ2n) is 9.49. The molecule has 1 aromatic heterocycles. The van der Waals surface area contributed by atoms with Crippen molar-refractivity contribution in [2.45, 2.75) is 16.2 Å². The normalized spacial score (nSPS) is 19.3. The monoisotopic (exact) mass is 669 g/mol. The van der Waals surface area contributed by atoms with Crippen molar-refractivity contribution < 1.29 is 28.2 Å². The summed E-state index contributed by atoms with van der Waals surface area (Å²) in [6, 6.07) is 17.2. The van der Waals surface area contributed by atoms with Gasteiger partial charge in [0.15, 0.2) is 6.61 Å². The van der Waals surface area contributed by atoms with Crippen LogP contribution in [0.5, 0.6) is 11.5 Å². The minimum Gasteiger partial charge on any atom is -0.497 e. The van der Waals surface area contributed by atoms with Gasteiger partial charge in [-0.15, -0.1) is 0 Å². The van der Waals surface area contributed by atoms with Gasteiger partial charge in [-0.3, -0.25) is 19.2 Å². The number of thioether (sulfide) groups is 1. The molecule has 3 heterocycles. The van der Waals surface area contributed by atoms with E-state index in [1.165, 1.54) is 24.3 Å². The summed E-state index contributed by atoms with van der Waals surface area (Å²) >= 11 is 5.58. The van der Waals surface area contributed by atoms with E-state index in [-0.39, 0.29) is 17.2 Å². The summed E-state index contributed by atoms with van der Waals surface area (Å²) in [5, 5.41) is 2.43. The number of ether oxygens (including phenoxy) is 2. The zero-order valence-corrected chi connectivity index (χ0v) is 25.0. The molecule has 2 aliphatic heterocycles. The zero-order valence-electron chi connectivity index (χ0n) is 21.8. The van der Waals surface area contributed by atoms with Crippen molar-refractivity contribution in [2.75, 3.05) is 23.9 Å². The average molecular weight is 671 g/mol. The number of amides is 3. The number of methoxy groups -OCH3 is 1. The molecule has 0 aliphatic carbocycles. The van der Waals surface area contributed by atoms with Crippen LogP contribution in [0.2, 0.25) is 0 Å². The molecule has 0 bridgehead atoms. The Balaban J connectivity index is 1.34. The number of carbonyl (C=O) groups is 3. The first-order chi connectivity index (χ1) is 20.2. The van der Waals surface area contributed by atoms with Crippen molar-refractivity contribution in [3.63, 3.8) is 0 Å². The summed E-state index contributed by atoms with van der Waals surface area (Å²) in [6.45, 7) is -0.332. The molecular formula is C29H21BrFN3O6S2. The molecule has 3 aromatic carbocycles. The number of rotatable bonds is 7. The fourth-order valence-electron chi connectivity index (χ4n) is 5.11. The van der Waals surface area contributed by atoms with E-state index < -0.39 is 40.6 Å². The van der Waals surface area contributed by atoms with Gasteiger partial charge in [-0.1, -0.05) is 39.0 Å². The number of nitrogens with zero attached hydrogens (tertiary/aromatic N) is 1. The lowest BCUT2D eigenvalue weighted by atomic mass is 9.82. The molecule has 1 fully saturated rings. The lowest BCUT2D eigenvalue weighted by Crippen LogP contribution is -2.32. The number of carbonyl (C=O) groups excluding carboxylic acids is 3. The van der Waals surface area contributed by atoms with Gasteiger partial charge in [0, 0.05) is 26.5 Å². The van der Waals surface area contributed by atoms with Crippen LogP contribution in [0.15, 0.2) is 81.0 Å². The van der Waals surface area contributed by atoms with E-state index in [1.54, 1.807) is 49.6 Å². The second-order valence-corrected chi connectivity index (χ2v) is 12.6. The summed E-state index contributed by atoms with van der Waals surface area (Å²) in [6.07, 6.45) is 0. The van der Waals surface area contributed by atoms with E-state index in [0.29, 0.717) is 37.1 Å². The van der Waals surface area contributed by atoms with E-state index in [1.807, 2.05) is 0 Å². The maximum Gasteiger partial charge on any atom is 0.305 e. The molecule has 9 nitrogen and oxygen atoms in total. The van der Waals surface area contributed by atoms with E-state index in [4.69, 9.17) is 9.47 Å². The lowest BCUT2D eigenvalue weighted by Gasteiger charge is -2.31. The first-order valence-electron chi connectivity index (χ1n) is 12.6. The first-order valence-corrected chi connectivity index (χ1v) is 15.1. The van der Waals surface area contributed by atoms with Crippen LogP contribution >= 0.6 is 39.0 Å². The number of halogens is 2. The number of anilines is 2. The molecule has 6 rings (SSSR count). The Bertz CT molecular complexity index is 1760. The van der Waals surface area contributed by atoms with Gasteiger partial charge in [-0.2, -0.15) is 0 Å². The number of thiazole rings is 1. The lowest BCUT2D eigenvalue weighted by molar-refractivity contribution is -0.122. The summed E-state index contributed by atoms with van der Waals surface area (Å²) in [4.78, 5) is 56.9. The number of imide groups is 1. The number of aromatic nitrogens is 1. The van der Waals surface area contributed by atoms with Crippen LogP contribution in [0.4, 0.5) is 15.8 Å². The van der Waals surface area contributed by atoms with Gasteiger partial charge in [-0.25, -0.2) is 9.29 Å². The zero-order chi connectivity index (χ0) is 29.5. The molecule has 4 aromatic rings. The average Bonchev–Trinajstić information content (AvgIpc) is 3.47. The van der Waals surface area contributed by atoms with Crippen molar-refractivity contribution >= 4 is 68.1 Å². The molecule has 42 heavy (non-hydrogen) atoms. The Labute approximate surface area is 255 Å². The van der Waals surface area contributed by atoms with Gasteiger partial charge in [0.05, 0.1) is 23.7 Å². The van der Waals surface area contributed by atoms with Crippen molar-refractivity contribution in [1.29, 1.82) is 0 Å². The smallest absolute Gasteiger partial charge is 0.305 e. The van der Waals surface area contributed by atoms with Gasteiger partial charge < -0.3 is 19.8 Å². The third kappa shape index (κ3) is 5.23. The van der Waals surface area contributed by atoms with Gasteiger partial charge in [-0.05, 0) is 66.7 Å². The van der Waals surface area contributed by atoms with Crippen LogP contribution in [0.25, 0.3) is 0 Å². The molecule has 2 N–H and O–H groups in total. The molecule has 3 amide bonds. The minimum absolute atomic E-state index is 0.262. The molecule has 2 aliphatic rings. The molecule has 0 spiro atoms. The predicted molar refractivity (Wildman–Crippen MR) is 160 cm³/mol. The quantitative estimate of drug-likeness (QED) is 0.261. The topological polar surface area (TPSA) is 118 Å². The molecule has 1 saturated heterocycles. The fourth-order valence-corrected chi connectivity index (χ4v) is 7.99. The Kier molecular flexibility index (Phi) is 7.64. The molecule has 13 heteroatoms. The predicted octanol–water partition coefficient (Wildman–Crippen LogP) is 5.16. The number of hydrogen-bond donors (Lipinski definition) is 2. The third-order valence-corrected chi connectivity index (χ3v) is 9.84. The number of aromatic amines is 1. The molecule has 0 saturated carbocycles. The first kappa shape index (κ1) is 28.2. The minimum atomic E-state index is -0.878. The highest BCUT2D eigenvalue weighted by Gasteiger charge is 2.56. The van der Waals surface area contributed by atoms with Crippen molar-refractivity contribution in [2.24, 2.45) is 5.92 Å². The number of fused-ring (bicyclic) bond motifs is 2. The largest absolute Gasteiger partial charge is 0.497 e. The van der Waals surface area contributed by atoms with Crippen molar-refractivity contribution in [1.82, 2.24) is 4.98 Å². The standard InChI is InChI=1S/C29H21BrFN3O6S2/c1-39-18-9-5-16(6-10-18)32-21(35)13-40-20-11-2-14(30)12-19(20)22-23-25(41-26-24(22)42-29(38)33-26)28(37)34(27(23)36)17-7-3-15(31)4-8-17/h2-12,22-23,25H,13H2,1H3,(H,32,35)(H,33,38)/t22-,23-,25+/m0/s1. The Hall–Kier alpha value is -3.94. The maximum atomic E-state index is 13.9. The number of hydrogen-bond acceptors (Lipinski definition) is 8. The highest BCUT2D eigenvalue weighted by molar-refractivity contribution is 9.10. The maximum absolute atomic E-state index is 13.9. The summed E-state index contributed by atoms with van der Waals surface area (Å²) < 4.78 is 25.4. The van der Waals surface area contributed by atoms with Crippen LogP contribution in [0.3, 0.4) is 0 Å². The summed E-state index contributed by atoms with van der Waals surface area (Å²) in [5.41, 5.74) is 1.36. The van der Waals surface area contributed by atoms with E-state index in [9.17, 15) is 23.6 Å². The van der Waals surface area contributed by atoms with Crippen molar-refractivity contribution in [3.8, 4) is 11.5 Å². The van der Waals surface area contributed by atoms with Gasteiger partial charge >= 0.3 is 4.87 Å². The molecule has 214 valence electrons. The second kappa shape index (κ2) is 11.4. The van der Waals surface area contributed by atoms with Crippen LogP contribution in [-0.4, -0.2) is 41.7 Å². The van der Waals surface area contributed by atoms with Crippen LogP contribution in [-0.2, 0) is 14.4 Å². The number of benzene rings is 3. The van der Waals surface area contributed by atoms with Gasteiger partial charge in [0.25, 0.3) is 5.91 Å². The highest BCUT2D eigenvalue weighted by atomic mass is 79.9. The highest BCUT2D eigenvalue weighted by Crippen LogP contribution is 2.54. The van der Waals surface area contributed by atoms with Gasteiger partial charge in [0.1, 0.15) is 22.6 Å². The number of nitrogens with one attached hydrogen (secondary N) is 2. The van der Waals surface area contributed by atoms with Gasteiger partial charge in [0.2, 0.25) is 11.8 Å². The molecule has 0 radical (unpaired) electrons. The Morgan fingerprint density at radius 3 is 2.50 bits per heavy atom. The molecular weight excluding hydrogens is 649 g/mol. The van der Waals surface area contributed by atoms with Crippen LogP contribution < -0.4 is 24.6 Å². The van der Waals surface area contributed by atoms with E-state index in [2.05, 4.69) is 26.2 Å². The Morgan fingerprint density at radius 1 is 1.05 bits per heavy atom. The SMILES string of the molecule is COc1ccc(NC(=O)COc2ccc(Br)cc2[C@@H]2c3sc(=O)[nH]c3S[C@H]3C(=O)N(c4ccc(F)cc4)C(=O)[C@@H]23)cc1. The number of H-pyrrole nitrogens is 1. The fraction of sp³-hybridized carbons (Fsp3) is 0.172. The van der Waals surface area contributed by atoms with E-state index >= 15 is 0 Å². The Morgan fingerprint density at radius 2 is 1.79 bits per heavy atom. The van der Waals surface area contributed by atoms with Crippen LogP contribution in [0, 0.1) is 11.7 Å².